The van der Waals surface area contributed by atoms with E-state index in [0.717, 1.165) is 12.1 Å². The number of aryl methyl sites for hydroxylation is 1. The SMILES string of the molecule is Cc1ccc(NCC2CCN(CC(F)(F)F)C2)nn1. The maximum atomic E-state index is 12.2. The van der Waals surface area contributed by atoms with Crippen LogP contribution in [0.5, 0.6) is 0 Å². The Bertz CT molecular complexity index is 404. The van der Waals surface area contributed by atoms with Gasteiger partial charge in [0.15, 0.2) is 0 Å². The summed E-state index contributed by atoms with van der Waals surface area (Å²) < 4.78 is 36.7. The first-order chi connectivity index (χ1) is 8.92. The molecule has 1 aromatic rings. The summed E-state index contributed by atoms with van der Waals surface area (Å²) in [5.41, 5.74) is 0.836. The minimum Gasteiger partial charge on any atom is -0.368 e. The second-order valence-electron chi connectivity index (χ2n) is 4.95. The summed E-state index contributed by atoms with van der Waals surface area (Å²) in [5.74, 6) is 0.894. The second-order valence-corrected chi connectivity index (χ2v) is 4.95. The van der Waals surface area contributed by atoms with Crippen LogP contribution in [0.15, 0.2) is 12.1 Å². The van der Waals surface area contributed by atoms with Gasteiger partial charge in [-0.3, -0.25) is 4.90 Å². The Morgan fingerprint density at radius 1 is 1.37 bits per heavy atom. The van der Waals surface area contributed by atoms with E-state index < -0.39 is 12.7 Å². The highest BCUT2D eigenvalue weighted by atomic mass is 19.4. The molecule has 0 aliphatic carbocycles. The Morgan fingerprint density at radius 3 is 2.79 bits per heavy atom. The first-order valence-corrected chi connectivity index (χ1v) is 6.26. The number of alkyl halides is 3. The van der Waals surface area contributed by atoms with Crippen molar-refractivity contribution < 1.29 is 13.2 Å². The van der Waals surface area contributed by atoms with Crippen LogP contribution in [0.3, 0.4) is 0 Å². The molecule has 4 nitrogen and oxygen atoms in total. The molecule has 106 valence electrons. The van der Waals surface area contributed by atoms with Gasteiger partial charge in [0.25, 0.3) is 0 Å². The van der Waals surface area contributed by atoms with Crippen LogP contribution in [-0.4, -0.2) is 47.5 Å². The Balaban J connectivity index is 1.75. The van der Waals surface area contributed by atoms with Crippen LogP contribution in [0.4, 0.5) is 19.0 Å². The highest BCUT2D eigenvalue weighted by molar-refractivity contribution is 5.32. The number of nitrogens with one attached hydrogen (secondary N) is 1. The fourth-order valence-electron chi connectivity index (χ4n) is 2.22. The van der Waals surface area contributed by atoms with Gasteiger partial charge in [0.2, 0.25) is 0 Å². The minimum absolute atomic E-state index is 0.227. The molecule has 1 saturated heterocycles. The van der Waals surface area contributed by atoms with Gasteiger partial charge in [-0.25, -0.2) is 0 Å². The van der Waals surface area contributed by atoms with Crippen molar-refractivity contribution in [1.82, 2.24) is 15.1 Å². The lowest BCUT2D eigenvalue weighted by Crippen LogP contribution is -2.33. The van der Waals surface area contributed by atoms with E-state index in [4.69, 9.17) is 0 Å². The van der Waals surface area contributed by atoms with Gasteiger partial charge in [-0.2, -0.15) is 18.3 Å². The van der Waals surface area contributed by atoms with E-state index >= 15 is 0 Å². The van der Waals surface area contributed by atoms with Crippen LogP contribution in [-0.2, 0) is 0 Å². The molecular weight excluding hydrogens is 257 g/mol. The highest BCUT2D eigenvalue weighted by Gasteiger charge is 2.34. The van der Waals surface area contributed by atoms with Crippen molar-refractivity contribution in [2.24, 2.45) is 5.92 Å². The van der Waals surface area contributed by atoms with Gasteiger partial charge in [-0.1, -0.05) is 0 Å². The van der Waals surface area contributed by atoms with Crippen molar-refractivity contribution in [3.8, 4) is 0 Å². The number of hydrogen-bond acceptors (Lipinski definition) is 4. The number of likely N-dealkylation sites (tertiary alicyclic amines) is 1. The molecule has 1 fully saturated rings. The van der Waals surface area contributed by atoms with E-state index in [2.05, 4.69) is 15.5 Å². The van der Waals surface area contributed by atoms with Crippen molar-refractivity contribution >= 4 is 5.82 Å². The summed E-state index contributed by atoms with van der Waals surface area (Å²) in [6, 6.07) is 3.67. The predicted molar refractivity (Wildman–Crippen MR) is 65.9 cm³/mol. The van der Waals surface area contributed by atoms with Crippen molar-refractivity contribution in [2.75, 3.05) is 31.5 Å². The quantitative estimate of drug-likeness (QED) is 0.912. The van der Waals surface area contributed by atoms with Crippen LogP contribution in [0, 0.1) is 12.8 Å². The Kier molecular flexibility index (Phi) is 4.24. The largest absolute Gasteiger partial charge is 0.401 e. The normalized spacial score (nSPS) is 20.7. The Hall–Kier alpha value is -1.37. The number of anilines is 1. The maximum absolute atomic E-state index is 12.2. The molecule has 2 rings (SSSR count). The molecule has 1 aliphatic heterocycles. The lowest BCUT2D eigenvalue weighted by atomic mass is 10.1. The molecule has 0 spiro atoms. The average molecular weight is 274 g/mol. The number of aromatic nitrogens is 2. The smallest absolute Gasteiger partial charge is 0.368 e. The third-order valence-electron chi connectivity index (χ3n) is 3.14. The molecule has 0 bridgehead atoms. The van der Waals surface area contributed by atoms with E-state index in [-0.39, 0.29) is 5.92 Å². The number of nitrogens with zero attached hydrogens (tertiary/aromatic N) is 3. The molecule has 1 aliphatic rings. The molecule has 19 heavy (non-hydrogen) atoms. The van der Waals surface area contributed by atoms with Crippen LogP contribution in [0.2, 0.25) is 0 Å². The zero-order valence-electron chi connectivity index (χ0n) is 10.7. The molecule has 1 N–H and O–H groups in total. The molecule has 0 amide bonds. The molecule has 0 saturated carbocycles. The van der Waals surface area contributed by atoms with Gasteiger partial charge in [-0.05, 0) is 37.9 Å². The van der Waals surface area contributed by atoms with Crippen molar-refractivity contribution in [3.63, 3.8) is 0 Å². The molecule has 7 heteroatoms. The zero-order valence-corrected chi connectivity index (χ0v) is 10.7. The third-order valence-corrected chi connectivity index (χ3v) is 3.14. The van der Waals surface area contributed by atoms with Gasteiger partial charge in [0.1, 0.15) is 5.82 Å². The van der Waals surface area contributed by atoms with Crippen molar-refractivity contribution in [3.05, 3.63) is 17.8 Å². The maximum Gasteiger partial charge on any atom is 0.401 e. The number of hydrogen-bond donors (Lipinski definition) is 1. The van der Waals surface area contributed by atoms with Gasteiger partial charge in [-0.15, -0.1) is 5.10 Å². The summed E-state index contributed by atoms with van der Waals surface area (Å²) in [7, 11) is 0. The highest BCUT2D eigenvalue weighted by Crippen LogP contribution is 2.22. The summed E-state index contributed by atoms with van der Waals surface area (Å²) in [4.78, 5) is 1.45. The summed E-state index contributed by atoms with van der Waals surface area (Å²) in [6.45, 7) is 2.65. The monoisotopic (exact) mass is 274 g/mol. The molecular formula is C12H17F3N4. The van der Waals surface area contributed by atoms with E-state index in [1.807, 2.05) is 19.1 Å². The first kappa shape index (κ1) is 14.0. The average Bonchev–Trinajstić information content (AvgIpc) is 2.73. The number of rotatable bonds is 4. The lowest BCUT2D eigenvalue weighted by Gasteiger charge is -2.18. The summed E-state index contributed by atoms with van der Waals surface area (Å²) in [6.07, 6.45) is -3.33. The van der Waals surface area contributed by atoms with Crippen LogP contribution >= 0.6 is 0 Å². The van der Waals surface area contributed by atoms with E-state index in [1.165, 1.54) is 4.90 Å². The molecule has 1 unspecified atom stereocenters. The van der Waals surface area contributed by atoms with Crippen LogP contribution < -0.4 is 5.32 Å². The fourth-order valence-corrected chi connectivity index (χ4v) is 2.22. The molecule has 1 aromatic heterocycles. The molecule has 1 atom stereocenters. The van der Waals surface area contributed by atoms with Crippen molar-refractivity contribution in [1.29, 1.82) is 0 Å². The Labute approximate surface area is 110 Å². The summed E-state index contributed by atoms with van der Waals surface area (Å²) in [5, 5.41) is 11.0. The van der Waals surface area contributed by atoms with Crippen molar-refractivity contribution in [2.45, 2.75) is 19.5 Å². The Morgan fingerprint density at radius 2 is 2.16 bits per heavy atom. The van der Waals surface area contributed by atoms with Crippen LogP contribution in [0.1, 0.15) is 12.1 Å². The van der Waals surface area contributed by atoms with Gasteiger partial charge in [0.05, 0.1) is 12.2 Å². The molecule has 0 aromatic carbocycles. The predicted octanol–water partition coefficient (Wildman–Crippen LogP) is 2.08. The first-order valence-electron chi connectivity index (χ1n) is 6.26. The zero-order chi connectivity index (χ0) is 13.9. The standard InChI is InChI=1S/C12H17F3N4/c1-9-2-3-11(18-17-9)16-6-10-4-5-19(7-10)8-12(13,14)15/h2-3,10H,4-8H2,1H3,(H,16,18). The van der Waals surface area contributed by atoms with E-state index in [9.17, 15) is 13.2 Å². The van der Waals surface area contributed by atoms with E-state index in [0.29, 0.717) is 25.5 Å². The van der Waals surface area contributed by atoms with Crippen LogP contribution in [0.25, 0.3) is 0 Å². The molecule has 0 radical (unpaired) electrons. The number of halogens is 3. The van der Waals surface area contributed by atoms with Gasteiger partial charge >= 0.3 is 6.18 Å². The van der Waals surface area contributed by atoms with Gasteiger partial charge < -0.3 is 5.32 Å². The third kappa shape index (κ3) is 4.66. The minimum atomic E-state index is -4.11. The van der Waals surface area contributed by atoms with Gasteiger partial charge in [0, 0.05) is 13.1 Å². The second kappa shape index (κ2) is 5.73. The topological polar surface area (TPSA) is 41.0 Å². The summed E-state index contributed by atoms with van der Waals surface area (Å²) >= 11 is 0. The van der Waals surface area contributed by atoms with E-state index in [1.54, 1.807) is 0 Å². The molecule has 2 heterocycles. The fraction of sp³-hybridized carbons (Fsp3) is 0.667. The lowest BCUT2D eigenvalue weighted by molar-refractivity contribution is -0.143.